The van der Waals surface area contributed by atoms with Gasteiger partial charge < -0.3 is 0 Å². The van der Waals surface area contributed by atoms with Crippen molar-refractivity contribution < 1.29 is 0 Å². The maximum Gasteiger partial charge on any atom is 0.124 e. The lowest BCUT2D eigenvalue weighted by molar-refractivity contribution is 1.12. The van der Waals surface area contributed by atoms with E-state index in [1.165, 1.54) is 0 Å². The molecule has 5 heteroatoms. The molecule has 2 rings (SSSR count). The van der Waals surface area contributed by atoms with Gasteiger partial charge in [0.2, 0.25) is 0 Å². The van der Waals surface area contributed by atoms with Gasteiger partial charge in [0.15, 0.2) is 0 Å². The lowest BCUT2D eigenvalue weighted by atomic mass is 10.3. The highest BCUT2D eigenvalue weighted by molar-refractivity contribution is 9.10. The Balaban J connectivity index is 2.42. The molecule has 2 aromatic heterocycles. The molecule has 0 N–H and O–H groups in total. The molecule has 0 bridgehead atoms. The first kappa shape index (κ1) is 11.5. The van der Waals surface area contributed by atoms with E-state index < -0.39 is 0 Å². The predicted molar refractivity (Wildman–Crippen MR) is 69.4 cm³/mol. The van der Waals surface area contributed by atoms with E-state index in [0.29, 0.717) is 0 Å². The summed E-state index contributed by atoms with van der Waals surface area (Å²) in [6.07, 6.45) is 5.19. The van der Waals surface area contributed by atoms with E-state index in [1.807, 2.05) is 6.07 Å². The van der Waals surface area contributed by atoms with Crippen molar-refractivity contribution in [2.24, 2.45) is 0 Å². The third-order valence-corrected chi connectivity index (χ3v) is 3.27. The van der Waals surface area contributed by atoms with Crippen molar-refractivity contribution >= 4 is 27.7 Å². The Morgan fingerprint density at radius 3 is 2.81 bits per heavy atom. The lowest BCUT2D eigenvalue weighted by Gasteiger charge is -2.05. The second-order valence-corrected chi connectivity index (χ2v) is 5.13. The number of pyridine rings is 1. The summed E-state index contributed by atoms with van der Waals surface area (Å²) in [6, 6.07) is 3.99. The average molecular weight is 296 g/mol. The highest BCUT2D eigenvalue weighted by atomic mass is 79.9. The van der Waals surface area contributed by atoms with E-state index in [2.05, 4.69) is 43.9 Å². The van der Waals surface area contributed by atoms with Gasteiger partial charge in [-0.3, -0.25) is 9.97 Å². The van der Waals surface area contributed by atoms with Crippen LogP contribution >= 0.6 is 27.7 Å². The molecule has 16 heavy (non-hydrogen) atoms. The summed E-state index contributed by atoms with van der Waals surface area (Å²) in [4.78, 5) is 14.0. The second-order valence-electron chi connectivity index (χ2n) is 3.01. The maximum absolute atomic E-state index is 4.36. The van der Waals surface area contributed by atoms with Crippen molar-refractivity contribution in [1.82, 2.24) is 15.0 Å². The van der Waals surface area contributed by atoms with Gasteiger partial charge in [0.1, 0.15) is 16.0 Å². The molecule has 2 aromatic rings. The zero-order valence-corrected chi connectivity index (χ0v) is 11.1. The molecular formula is C11H10BrN3S. The fourth-order valence-electron chi connectivity index (χ4n) is 1.29. The average Bonchev–Trinajstić information content (AvgIpc) is 2.32. The van der Waals surface area contributed by atoms with Gasteiger partial charge in [-0.1, -0.05) is 6.92 Å². The van der Waals surface area contributed by atoms with Crippen LogP contribution in [0.4, 0.5) is 0 Å². The fourth-order valence-corrected chi connectivity index (χ4v) is 2.27. The Kier molecular flexibility index (Phi) is 3.90. The molecule has 82 valence electrons. The summed E-state index contributed by atoms with van der Waals surface area (Å²) in [5, 5.41) is 0. The van der Waals surface area contributed by atoms with E-state index in [1.54, 1.807) is 30.4 Å². The van der Waals surface area contributed by atoms with Crippen LogP contribution in [-0.2, 0) is 0 Å². The number of halogens is 1. The first-order valence-electron chi connectivity index (χ1n) is 4.87. The number of aromatic nitrogens is 3. The van der Waals surface area contributed by atoms with E-state index in [-0.39, 0.29) is 0 Å². The van der Waals surface area contributed by atoms with E-state index in [0.717, 1.165) is 26.6 Å². The fraction of sp³-hybridized carbons (Fsp3) is 0.182. The Labute approximate surface area is 107 Å². The van der Waals surface area contributed by atoms with Gasteiger partial charge in [-0.25, -0.2) is 4.98 Å². The van der Waals surface area contributed by atoms with Crippen LogP contribution < -0.4 is 0 Å². The maximum atomic E-state index is 4.36. The van der Waals surface area contributed by atoms with Gasteiger partial charge in [0.25, 0.3) is 0 Å². The summed E-state index contributed by atoms with van der Waals surface area (Å²) in [5.74, 6) is 1.02. The van der Waals surface area contributed by atoms with Crippen LogP contribution in [0.2, 0.25) is 0 Å². The molecule has 0 aliphatic rings. The number of thioether (sulfide) groups is 1. The smallest absolute Gasteiger partial charge is 0.124 e. The number of hydrogen-bond acceptors (Lipinski definition) is 4. The molecule has 0 atom stereocenters. The predicted octanol–water partition coefficient (Wildman–Crippen LogP) is 3.41. The zero-order valence-electron chi connectivity index (χ0n) is 8.72. The zero-order chi connectivity index (χ0) is 11.4. The molecular weight excluding hydrogens is 286 g/mol. The van der Waals surface area contributed by atoms with Crippen molar-refractivity contribution in [2.45, 2.75) is 11.8 Å². The van der Waals surface area contributed by atoms with Gasteiger partial charge in [-0.2, -0.15) is 0 Å². The second kappa shape index (κ2) is 5.41. The summed E-state index contributed by atoms with van der Waals surface area (Å²) >= 11 is 5.03. The van der Waals surface area contributed by atoms with E-state index in [9.17, 15) is 0 Å². The van der Waals surface area contributed by atoms with Crippen molar-refractivity contribution in [1.29, 1.82) is 0 Å². The Morgan fingerprint density at radius 2 is 2.12 bits per heavy atom. The van der Waals surface area contributed by atoms with Crippen molar-refractivity contribution in [2.75, 3.05) is 5.75 Å². The van der Waals surface area contributed by atoms with Gasteiger partial charge in [-0.15, -0.1) is 11.8 Å². The normalized spacial score (nSPS) is 10.4. The minimum Gasteiger partial charge on any atom is -0.253 e. The van der Waals surface area contributed by atoms with Crippen LogP contribution in [0, 0.1) is 0 Å². The molecule has 0 aliphatic heterocycles. The summed E-state index contributed by atoms with van der Waals surface area (Å²) in [5.41, 5.74) is 1.70. The first-order valence-corrected chi connectivity index (χ1v) is 6.65. The Bertz CT molecular complexity index is 473. The van der Waals surface area contributed by atoms with Crippen LogP contribution in [0.5, 0.6) is 0 Å². The SMILES string of the molecule is CCSc1cccnc1-c1cnc(Br)cn1. The Morgan fingerprint density at radius 1 is 1.25 bits per heavy atom. The number of rotatable bonds is 3. The molecule has 2 heterocycles. The minimum absolute atomic E-state index is 0.733. The highest BCUT2D eigenvalue weighted by Gasteiger charge is 2.07. The van der Waals surface area contributed by atoms with Gasteiger partial charge >= 0.3 is 0 Å². The minimum atomic E-state index is 0.733. The van der Waals surface area contributed by atoms with Crippen LogP contribution in [0.1, 0.15) is 6.92 Å². The summed E-state index contributed by atoms with van der Waals surface area (Å²) in [7, 11) is 0. The van der Waals surface area contributed by atoms with Gasteiger partial charge in [-0.05, 0) is 33.8 Å². The molecule has 0 fully saturated rings. The molecule has 0 saturated carbocycles. The van der Waals surface area contributed by atoms with Crippen molar-refractivity contribution in [3.05, 3.63) is 35.3 Å². The molecule has 0 aromatic carbocycles. The highest BCUT2D eigenvalue weighted by Crippen LogP contribution is 2.27. The quantitative estimate of drug-likeness (QED) is 0.814. The Hall–Kier alpha value is -0.940. The molecule has 0 amide bonds. The van der Waals surface area contributed by atoms with Crippen LogP contribution in [0.15, 0.2) is 40.2 Å². The van der Waals surface area contributed by atoms with Crippen LogP contribution in [-0.4, -0.2) is 20.7 Å². The summed E-state index contributed by atoms with van der Waals surface area (Å²) in [6.45, 7) is 2.12. The molecule has 3 nitrogen and oxygen atoms in total. The van der Waals surface area contributed by atoms with Gasteiger partial charge in [0.05, 0.1) is 12.4 Å². The van der Waals surface area contributed by atoms with E-state index in [4.69, 9.17) is 0 Å². The van der Waals surface area contributed by atoms with E-state index >= 15 is 0 Å². The first-order chi connectivity index (χ1) is 7.81. The molecule has 0 spiro atoms. The van der Waals surface area contributed by atoms with Crippen LogP contribution in [0.25, 0.3) is 11.4 Å². The third-order valence-electron chi connectivity index (χ3n) is 1.93. The summed E-state index contributed by atoms with van der Waals surface area (Å²) < 4.78 is 0.733. The van der Waals surface area contributed by atoms with Gasteiger partial charge in [0, 0.05) is 11.1 Å². The standard InChI is InChI=1S/C11H10BrN3S/c1-2-16-9-4-3-5-13-11(9)8-6-15-10(12)7-14-8/h3-7H,2H2,1H3. The molecule has 0 unspecified atom stereocenters. The third kappa shape index (κ3) is 2.59. The molecule has 0 saturated heterocycles. The molecule has 0 radical (unpaired) electrons. The van der Waals surface area contributed by atoms with Crippen LogP contribution in [0.3, 0.4) is 0 Å². The van der Waals surface area contributed by atoms with Crippen molar-refractivity contribution in [3.8, 4) is 11.4 Å². The number of hydrogen-bond donors (Lipinski definition) is 0. The number of nitrogens with zero attached hydrogens (tertiary/aromatic N) is 3. The topological polar surface area (TPSA) is 38.7 Å². The monoisotopic (exact) mass is 295 g/mol. The largest absolute Gasteiger partial charge is 0.253 e. The lowest BCUT2D eigenvalue weighted by Crippen LogP contribution is -1.91. The van der Waals surface area contributed by atoms with Crippen molar-refractivity contribution in [3.63, 3.8) is 0 Å². The molecule has 0 aliphatic carbocycles.